The first-order valence-corrected chi connectivity index (χ1v) is 5.23. The van der Waals surface area contributed by atoms with Gasteiger partial charge in [-0.05, 0) is 23.8 Å². The summed E-state index contributed by atoms with van der Waals surface area (Å²) in [6.45, 7) is 0. The van der Waals surface area contributed by atoms with Crippen LogP contribution in [0.1, 0.15) is 5.56 Å². The van der Waals surface area contributed by atoms with Gasteiger partial charge >= 0.3 is 5.97 Å². The summed E-state index contributed by atoms with van der Waals surface area (Å²) in [7, 11) is 1.38. The molecule has 0 radical (unpaired) electrons. The number of carbonyl (C=O) groups excluding carboxylic acids is 1. The zero-order chi connectivity index (χ0) is 9.84. The highest BCUT2D eigenvalue weighted by Crippen LogP contribution is 2.22. The second-order valence-corrected chi connectivity index (χ2v) is 4.26. The van der Waals surface area contributed by atoms with Crippen molar-refractivity contribution in [3.05, 3.63) is 32.7 Å². The highest BCUT2D eigenvalue weighted by atomic mass is 79.9. The maximum absolute atomic E-state index is 11.0. The van der Waals surface area contributed by atoms with E-state index >= 15 is 0 Å². The molecule has 0 N–H and O–H groups in total. The van der Waals surface area contributed by atoms with Crippen LogP contribution in [-0.4, -0.2) is 13.1 Å². The van der Waals surface area contributed by atoms with Gasteiger partial charge in [-0.25, -0.2) is 0 Å². The van der Waals surface area contributed by atoms with Crippen molar-refractivity contribution in [3.63, 3.8) is 0 Å². The van der Waals surface area contributed by atoms with Gasteiger partial charge in [-0.2, -0.15) is 0 Å². The Morgan fingerprint density at radius 2 is 2.15 bits per heavy atom. The van der Waals surface area contributed by atoms with Crippen LogP contribution < -0.4 is 0 Å². The van der Waals surface area contributed by atoms with E-state index < -0.39 is 0 Å². The van der Waals surface area contributed by atoms with Crippen molar-refractivity contribution < 1.29 is 9.53 Å². The molecule has 0 aliphatic carbocycles. The number of hydrogen-bond acceptors (Lipinski definition) is 2. The number of carbonyl (C=O) groups is 1. The number of halogens is 2. The molecule has 70 valence electrons. The fourth-order valence-corrected chi connectivity index (χ4v) is 1.70. The molecule has 13 heavy (non-hydrogen) atoms. The molecular formula is C9H8Br2O2. The van der Waals surface area contributed by atoms with Crippen LogP contribution >= 0.6 is 31.9 Å². The van der Waals surface area contributed by atoms with Crippen molar-refractivity contribution in [3.8, 4) is 0 Å². The SMILES string of the molecule is COC(=O)Cc1cc(Br)ccc1Br. The van der Waals surface area contributed by atoms with E-state index in [1.165, 1.54) is 7.11 Å². The third-order valence-corrected chi connectivity index (χ3v) is 2.84. The Labute approximate surface area is 93.5 Å². The number of hydrogen-bond donors (Lipinski definition) is 0. The Hall–Kier alpha value is -0.350. The molecule has 0 spiro atoms. The van der Waals surface area contributed by atoms with Crippen molar-refractivity contribution in [2.24, 2.45) is 0 Å². The van der Waals surface area contributed by atoms with Gasteiger partial charge in [-0.1, -0.05) is 31.9 Å². The lowest BCUT2D eigenvalue weighted by Crippen LogP contribution is -2.04. The zero-order valence-electron chi connectivity index (χ0n) is 7.01. The fraction of sp³-hybridized carbons (Fsp3) is 0.222. The summed E-state index contributed by atoms with van der Waals surface area (Å²) in [6, 6.07) is 5.69. The number of rotatable bonds is 2. The van der Waals surface area contributed by atoms with E-state index in [1.54, 1.807) is 0 Å². The molecule has 0 bridgehead atoms. The Morgan fingerprint density at radius 1 is 1.46 bits per heavy atom. The Bertz CT molecular complexity index is 323. The average molecular weight is 308 g/mol. The molecule has 1 aromatic rings. The maximum atomic E-state index is 11.0. The maximum Gasteiger partial charge on any atom is 0.310 e. The summed E-state index contributed by atoms with van der Waals surface area (Å²) in [4.78, 5) is 11.0. The molecule has 0 aliphatic rings. The normalized spacial score (nSPS) is 9.77. The van der Waals surface area contributed by atoms with Gasteiger partial charge in [0.1, 0.15) is 0 Å². The van der Waals surface area contributed by atoms with Crippen LogP contribution in [0.5, 0.6) is 0 Å². The zero-order valence-corrected chi connectivity index (χ0v) is 10.2. The van der Waals surface area contributed by atoms with Crippen molar-refractivity contribution in [1.82, 2.24) is 0 Å². The predicted molar refractivity (Wildman–Crippen MR) is 57.6 cm³/mol. The smallest absolute Gasteiger partial charge is 0.310 e. The van der Waals surface area contributed by atoms with Crippen LogP contribution in [0.25, 0.3) is 0 Å². The third-order valence-electron chi connectivity index (χ3n) is 1.57. The number of benzene rings is 1. The molecule has 0 atom stereocenters. The van der Waals surface area contributed by atoms with E-state index in [1.807, 2.05) is 18.2 Å². The molecular weight excluding hydrogens is 300 g/mol. The quantitative estimate of drug-likeness (QED) is 0.785. The second-order valence-electron chi connectivity index (χ2n) is 2.49. The molecule has 0 aromatic heterocycles. The molecule has 0 saturated carbocycles. The van der Waals surface area contributed by atoms with Crippen LogP contribution in [0, 0.1) is 0 Å². The van der Waals surface area contributed by atoms with Crippen LogP contribution in [0.15, 0.2) is 27.1 Å². The second kappa shape index (κ2) is 4.77. The van der Waals surface area contributed by atoms with Gasteiger partial charge in [-0.15, -0.1) is 0 Å². The summed E-state index contributed by atoms with van der Waals surface area (Å²) in [5.41, 5.74) is 0.918. The van der Waals surface area contributed by atoms with Crippen molar-refractivity contribution in [1.29, 1.82) is 0 Å². The van der Waals surface area contributed by atoms with Crippen LogP contribution in [0.4, 0.5) is 0 Å². The summed E-state index contributed by atoms with van der Waals surface area (Å²) in [5.74, 6) is -0.237. The van der Waals surface area contributed by atoms with E-state index in [0.29, 0.717) is 0 Å². The lowest BCUT2D eigenvalue weighted by Gasteiger charge is -2.03. The highest BCUT2D eigenvalue weighted by molar-refractivity contribution is 9.11. The molecule has 0 saturated heterocycles. The number of methoxy groups -OCH3 is 1. The van der Waals surface area contributed by atoms with E-state index in [0.717, 1.165) is 14.5 Å². The Balaban J connectivity index is 2.87. The molecule has 1 rings (SSSR count). The molecule has 1 aromatic carbocycles. The molecule has 2 nitrogen and oxygen atoms in total. The molecule has 0 heterocycles. The molecule has 0 unspecified atom stereocenters. The standard InChI is InChI=1S/C9H8Br2O2/c1-13-9(12)5-6-4-7(10)2-3-8(6)11/h2-4H,5H2,1H3. The van der Waals surface area contributed by atoms with Crippen molar-refractivity contribution in [2.45, 2.75) is 6.42 Å². The lowest BCUT2D eigenvalue weighted by molar-refractivity contribution is -0.139. The number of esters is 1. The first-order valence-electron chi connectivity index (χ1n) is 3.64. The van der Waals surface area contributed by atoms with E-state index in [9.17, 15) is 4.79 Å². The molecule has 0 fully saturated rings. The van der Waals surface area contributed by atoms with Gasteiger partial charge in [-0.3, -0.25) is 4.79 Å². The average Bonchev–Trinajstić information content (AvgIpc) is 2.11. The minimum Gasteiger partial charge on any atom is -0.469 e. The van der Waals surface area contributed by atoms with Gasteiger partial charge in [0, 0.05) is 8.95 Å². The molecule has 0 aliphatic heterocycles. The van der Waals surface area contributed by atoms with Gasteiger partial charge in [0.25, 0.3) is 0 Å². The molecule has 4 heteroatoms. The Kier molecular flexibility index (Phi) is 3.93. The predicted octanol–water partition coefficient (Wildman–Crippen LogP) is 2.93. The largest absolute Gasteiger partial charge is 0.469 e. The highest BCUT2D eigenvalue weighted by Gasteiger charge is 2.06. The van der Waals surface area contributed by atoms with Crippen LogP contribution in [0.2, 0.25) is 0 Å². The Morgan fingerprint density at radius 3 is 2.77 bits per heavy atom. The van der Waals surface area contributed by atoms with Gasteiger partial charge in [0.15, 0.2) is 0 Å². The summed E-state index contributed by atoms with van der Waals surface area (Å²) < 4.78 is 6.44. The summed E-state index contributed by atoms with van der Waals surface area (Å²) in [5, 5.41) is 0. The summed E-state index contributed by atoms with van der Waals surface area (Å²) >= 11 is 6.69. The topological polar surface area (TPSA) is 26.3 Å². The number of ether oxygens (including phenoxy) is 1. The first-order chi connectivity index (χ1) is 6.13. The third kappa shape index (κ3) is 3.12. The fourth-order valence-electron chi connectivity index (χ4n) is 0.906. The lowest BCUT2D eigenvalue weighted by atomic mass is 10.2. The van der Waals surface area contributed by atoms with Gasteiger partial charge in [0.2, 0.25) is 0 Å². The van der Waals surface area contributed by atoms with Crippen molar-refractivity contribution >= 4 is 37.8 Å². The summed E-state index contributed by atoms with van der Waals surface area (Å²) in [6.07, 6.45) is 0.288. The van der Waals surface area contributed by atoms with Crippen LogP contribution in [0.3, 0.4) is 0 Å². The van der Waals surface area contributed by atoms with E-state index in [4.69, 9.17) is 0 Å². The monoisotopic (exact) mass is 306 g/mol. The van der Waals surface area contributed by atoms with E-state index in [2.05, 4.69) is 36.6 Å². The first kappa shape index (κ1) is 10.7. The molecule has 0 amide bonds. The van der Waals surface area contributed by atoms with Gasteiger partial charge < -0.3 is 4.74 Å². The minimum atomic E-state index is -0.237. The van der Waals surface area contributed by atoms with Crippen LogP contribution in [-0.2, 0) is 16.0 Å². The van der Waals surface area contributed by atoms with Crippen molar-refractivity contribution in [2.75, 3.05) is 7.11 Å². The van der Waals surface area contributed by atoms with E-state index in [-0.39, 0.29) is 12.4 Å². The van der Waals surface area contributed by atoms with Gasteiger partial charge in [0.05, 0.1) is 13.5 Å². The minimum absolute atomic E-state index is 0.237.